The molecule has 1 aliphatic heterocycles. The highest BCUT2D eigenvalue weighted by Crippen LogP contribution is 2.25. The molecule has 11 nitrogen and oxygen atoms in total. The Labute approximate surface area is 274 Å². The molecule has 0 aliphatic carbocycles. The van der Waals surface area contributed by atoms with E-state index in [1.807, 2.05) is 75.0 Å². The van der Waals surface area contributed by atoms with Crippen molar-refractivity contribution in [3.8, 4) is 11.4 Å². The number of nitrogens with zero attached hydrogens (tertiary/aromatic N) is 6. The van der Waals surface area contributed by atoms with E-state index in [9.17, 15) is 14.4 Å². The van der Waals surface area contributed by atoms with Gasteiger partial charge in [-0.05, 0) is 62.8 Å². The fourth-order valence-electron chi connectivity index (χ4n) is 5.52. The van der Waals surface area contributed by atoms with E-state index in [4.69, 9.17) is 10.1 Å². The molecule has 0 spiro atoms. The smallest absolute Gasteiger partial charge is 0.253 e. The number of amides is 3. The Morgan fingerprint density at radius 2 is 1.70 bits per heavy atom. The first-order chi connectivity index (χ1) is 22.1. The summed E-state index contributed by atoms with van der Waals surface area (Å²) in [6.07, 6.45) is 3.10. The summed E-state index contributed by atoms with van der Waals surface area (Å²) in [5.41, 5.74) is 4.42. The normalized spacial score (nSPS) is 18.2. The SMILES string of the molecule is CSCC[C@@H]1NC(=O)CCCN(C(=O)c2ccc3nc(C)c(C)nc3c2)CCn2nc(-c3ccccc3)nc2[C@@H](C(C)C)NC1=O. The van der Waals surface area contributed by atoms with E-state index >= 15 is 0 Å². The zero-order valence-corrected chi connectivity index (χ0v) is 27.9. The second kappa shape index (κ2) is 14.8. The minimum Gasteiger partial charge on any atom is -0.344 e. The van der Waals surface area contributed by atoms with E-state index in [0.29, 0.717) is 55.2 Å². The third-order valence-corrected chi connectivity index (χ3v) is 8.90. The molecule has 2 atom stereocenters. The largest absolute Gasteiger partial charge is 0.344 e. The summed E-state index contributed by atoms with van der Waals surface area (Å²) in [5.74, 6) is 1.23. The van der Waals surface area contributed by atoms with Crippen LogP contribution in [0.1, 0.15) is 66.7 Å². The highest BCUT2D eigenvalue weighted by molar-refractivity contribution is 7.98. The molecular weight excluding hydrogens is 600 g/mol. The molecule has 242 valence electrons. The van der Waals surface area contributed by atoms with Crippen molar-refractivity contribution >= 4 is 40.5 Å². The van der Waals surface area contributed by atoms with Crippen LogP contribution in [-0.2, 0) is 16.1 Å². The molecule has 4 aromatic rings. The summed E-state index contributed by atoms with van der Waals surface area (Å²) in [4.78, 5) is 56.6. The highest BCUT2D eigenvalue weighted by atomic mass is 32.2. The standard InChI is InChI=1S/C34H42N8O3S/c1-21(2)30-32-39-31(24-10-7-6-8-11-24)40-42(32)18-17-41(16-9-12-29(43)37-27(15-19-46-5)33(44)38-30)34(45)25-13-14-26-28(20-25)36-23(4)22(3)35-26/h6-8,10-11,13-14,20-21,27,30H,9,12,15-19H2,1-5H3,(H,37,43)(H,38,44)/t27-,30+/m0/s1. The van der Waals surface area contributed by atoms with Gasteiger partial charge in [-0.2, -0.15) is 16.9 Å². The average molecular weight is 643 g/mol. The summed E-state index contributed by atoms with van der Waals surface area (Å²) >= 11 is 1.62. The molecule has 0 fully saturated rings. The van der Waals surface area contributed by atoms with Crippen LogP contribution in [-0.4, -0.2) is 78.5 Å². The Hall–Kier alpha value is -4.32. The van der Waals surface area contributed by atoms with Crippen LogP contribution in [0.5, 0.6) is 0 Å². The lowest BCUT2D eigenvalue weighted by Crippen LogP contribution is -2.49. The number of hydrogen-bond donors (Lipinski definition) is 2. The van der Waals surface area contributed by atoms with Gasteiger partial charge in [0.1, 0.15) is 6.04 Å². The number of benzene rings is 2. The maximum absolute atomic E-state index is 14.0. The molecule has 0 saturated heterocycles. The molecule has 3 amide bonds. The summed E-state index contributed by atoms with van der Waals surface area (Å²) in [6, 6.07) is 13.9. The zero-order valence-electron chi connectivity index (χ0n) is 27.1. The molecule has 3 heterocycles. The second-order valence-electron chi connectivity index (χ2n) is 12.0. The van der Waals surface area contributed by atoms with E-state index in [-0.39, 0.29) is 30.1 Å². The van der Waals surface area contributed by atoms with Crippen molar-refractivity contribution < 1.29 is 14.4 Å². The average Bonchev–Trinajstić information content (AvgIpc) is 3.47. The van der Waals surface area contributed by atoms with Gasteiger partial charge < -0.3 is 15.5 Å². The number of fused-ring (bicyclic) bond motifs is 2. The molecule has 0 unspecified atom stereocenters. The number of nitrogens with one attached hydrogen (secondary N) is 2. The van der Waals surface area contributed by atoms with Gasteiger partial charge in [0.2, 0.25) is 11.8 Å². The first-order valence-electron chi connectivity index (χ1n) is 15.8. The summed E-state index contributed by atoms with van der Waals surface area (Å²) in [6.45, 7) is 8.90. The molecule has 0 bridgehead atoms. The Kier molecular flexibility index (Phi) is 10.7. The van der Waals surface area contributed by atoms with Crippen LogP contribution in [0.15, 0.2) is 48.5 Å². The van der Waals surface area contributed by atoms with Gasteiger partial charge in [-0.15, -0.1) is 0 Å². The van der Waals surface area contributed by atoms with E-state index in [1.165, 1.54) is 0 Å². The Morgan fingerprint density at radius 1 is 0.957 bits per heavy atom. The van der Waals surface area contributed by atoms with Gasteiger partial charge in [0.05, 0.1) is 35.0 Å². The highest BCUT2D eigenvalue weighted by Gasteiger charge is 2.30. The van der Waals surface area contributed by atoms with Crippen molar-refractivity contribution in [1.82, 2.24) is 40.3 Å². The fraction of sp³-hybridized carbons (Fsp3) is 0.441. The van der Waals surface area contributed by atoms with Crippen LogP contribution in [0.2, 0.25) is 0 Å². The van der Waals surface area contributed by atoms with E-state index in [2.05, 4.69) is 20.6 Å². The lowest BCUT2D eigenvalue weighted by atomic mass is 10.0. The van der Waals surface area contributed by atoms with E-state index in [1.54, 1.807) is 28.8 Å². The number of rotatable bonds is 6. The monoisotopic (exact) mass is 642 g/mol. The topological polar surface area (TPSA) is 135 Å². The van der Waals surface area contributed by atoms with Crippen LogP contribution in [0, 0.1) is 19.8 Å². The van der Waals surface area contributed by atoms with Gasteiger partial charge in [0.25, 0.3) is 5.91 Å². The van der Waals surface area contributed by atoms with Crippen molar-refractivity contribution in [2.75, 3.05) is 25.1 Å². The minimum atomic E-state index is -0.683. The van der Waals surface area contributed by atoms with Crippen LogP contribution >= 0.6 is 11.8 Å². The third-order valence-electron chi connectivity index (χ3n) is 8.26. The van der Waals surface area contributed by atoms with Crippen LogP contribution in [0.3, 0.4) is 0 Å². The van der Waals surface area contributed by atoms with Crippen molar-refractivity contribution in [2.45, 2.75) is 65.6 Å². The van der Waals surface area contributed by atoms with Gasteiger partial charge >= 0.3 is 0 Å². The summed E-state index contributed by atoms with van der Waals surface area (Å²) < 4.78 is 1.81. The predicted molar refractivity (Wildman–Crippen MR) is 180 cm³/mol. The predicted octanol–water partition coefficient (Wildman–Crippen LogP) is 4.49. The molecule has 2 N–H and O–H groups in total. The maximum atomic E-state index is 14.0. The Bertz CT molecular complexity index is 1710. The zero-order chi connectivity index (χ0) is 32.8. The first kappa shape index (κ1) is 33.1. The molecule has 0 radical (unpaired) electrons. The van der Waals surface area contributed by atoms with Gasteiger partial charge in [-0.25, -0.2) is 19.6 Å². The number of aryl methyl sites for hydroxylation is 2. The summed E-state index contributed by atoms with van der Waals surface area (Å²) in [7, 11) is 0. The van der Waals surface area contributed by atoms with Crippen LogP contribution in [0.4, 0.5) is 0 Å². The molecular formula is C34H42N8O3S. The van der Waals surface area contributed by atoms with Crippen molar-refractivity contribution in [3.63, 3.8) is 0 Å². The molecule has 46 heavy (non-hydrogen) atoms. The number of carbonyl (C=O) groups is 3. The number of carbonyl (C=O) groups excluding carboxylic acids is 3. The van der Waals surface area contributed by atoms with Crippen molar-refractivity contribution in [2.24, 2.45) is 5.92 Å². The molecule has 12 heteroatoms. The molecule has 1 aliphatic rings. The van der Waals surface area contributed by atoms with Gasteiger partial charge in [-0.1, -0.05) is 44.2 Å². The molecule has 2 aromatic heterocycles. The number of aromatic nitrogens is 5. The number of hydrogen-bond acceptors (Lipinski definition) is 8. The molecule has 2 aromatic carbocycles. The number of thioether (sulfide) groups is 1. The second-order valence-corrected chi connectivity index (χ2v) is 13.0. The fourth-order valence-corrected chi connectivity index (χ4v) is 5.99. The van der Waals surface area contributed by atoms with Crippen molar-refractivity contribution in [1.29, 1.82) is 0 Å². The molecule has 0 saturated carbocycles. The lowest BCUT2D eigenvalue weighted by molar-refractivity contribution is -0.129. The quantitative estimate of drug-likeness (QED) is 0.314. The van der Waals surface area contributed by atoms with Crippen LogP contribution in [0.25, 0.3) is 22.4 Å². The third kappa shape index (κ3) is 7.72. The Morgan fingerprint density at radius 3 is 2.41 bits per heavy atom. The van der Waals surface area contributed by atoms with Crippen molar-refractivity contribution in [3.05, 3.63) is 71.3 Å². The minimum absolute atomic E-state index is 0.0242. The molecule has 5 rings (SSSR count). The maximum Gasteiger partial charge on any atom is 0.253 e. The van der Waals surface area contributed by atoms with Gasteiger partial charge in [-0.3, -0.25) is 14.4 Å². The van der Waals surface area contributed by atoms with E-state index < -0.39 is 12.1 Å². The van der Waals surface area contributed by atoms with Crippen LogP contribution < -0.4 is 10.6 Å². The van der Waals surface area contributed by atoms with Gasteiger partial charge in [0, 0.05) is 30.6 Å². The van der Waals surface area contributed by atoms with E-state index in [0.717, 1.165) is 28.2 Å². The Balaban J connectivity index is 1.52. The van der Waals surface area contributed by atoms with Gasteiger partial charge in [0.15, 0.2) is 11.6 Å². The first-order valence-corrected chi connectivity index (χ1v) is 17.2. The summed E-state index contributed by atoms with van der Waals surface area (Å²) in [5, 5.41) is 11.0. The lowest BCUT2D eigenvalue weighted by Gasteiger charge is -2.28.